The number of rotatable bonds is 4. The number of carbonyl (C=O) groups excluding carboxylic acids is 2. The SMILES string of the molecule is COC(=O)c1ccccc1Oc1ccc(N=C=O)cc1. The van der Waals surface area contributed by atoms with Gasteiger partial charge in [-0.25, -0.2) is 9.59 Å². The van der Waals surface area contributed by atoms with Crippen LogP contribution in [0.2, 0.25) is 0 Å². The fourth-order valence-electron chi connectivity index (χ4n) is 1.60. The Hall–Kier alpha value is -2.91. The minimum atomic E-state index is -0.470. The average molecular weight is 269 g/mol. The molecule has 0 aromatic heterocycles. The van der Waals surface area contributed by atoms with Crippen molar-refractivity contribution in [3.63, 3.8) is 0 Å². The summed E-state index contributed by atoms with van der Waals surface area (Å²) in [6, 6.07) is 13.3. The number of carbonyl (C=O) groups is 1. The number of aliphatic imine (C=N–C) groups is 1. The third kappa shape index (κ3) is 3.10. The minimum Gasteiger partial charge on any atom is -0.465 e. The third-order valence-electron chi connectivity index (χ3n) is 2.53. The topological polar surface area (TPSA) is 65.0 Å². The van der Waals surface area contributed by atoms with E-state index in [0.717, 1.165) is 0 Å². The van der Waals surface area contributed by atoms with Crippen molar-refractivity contribution in [2.45, 2.75) is 0 Å². The first kappa shape index (κ1) is 13.5. The molecule has 0 atom stereocenters. The van der Waals surface area contributed by atoms with Crippen molar-refractivity contribution in [2.24, 2.45) is 4.99 Å². The molecule has 0 radical (unpaired) electrons. The summed E-state index contributed by atoms with van der Waals surface area (Å²) >= 11 is 0. The fourth-order valence-corrected chi connectivity index (χ4v) is 1.60. The van der Waals surface area contributed by atoms with E-state index in [1.54, 1.807) is 48.5 Å². The Balaban J connectivity index is 2.25. The van der Waals surface area contributed by atoms with E-state index in [9.17, 15) is 9.59 Å². The molecule has 0 bridgehead atoms. The molecule has 2 rings (SSSR count). The van der Waals surface area contributed by atoms with Gasteiger partial charge in [0.2, 0.25) is 6.08 Å². The number of hydrogen-bond donors (Lipinski definition) is 0. The fraction of sp³-hybridized carbons (Fsp3) is 0.0667. The maximum absolute atomic E-state index is 11.6. The van der Waals surface area contributed by atoms with Gasteiger partial charge in [0.05, 0.1) is 12.8 Å². The molecule has 20 heavy (non-hydrogen) atoms. The van der Waals surface area contributed by atoms with Crippen LogP contribution in [0.25, 0.3) is 0 Å². The van der Waals surface area contributed by atoms with Crippen LogP contribution >= 0.6 is 0 Å². The van der Waals surface area contributed by atoms with Gasteiger partial charge in [-0.15, -0.1) is 0 Å². The number of para-hydroxylation sites is 1. The molecule has 2 aromatic rings. The molecule has 0 fully saturated rings. The molecule has 0 aliphatic rings. The van der Waals surface area contributed by atoms with E-state index in [-0.39, 0.29) is 0 Å². The van der Waals surface area contributed by atoms with E-state index in [4.69, 9.17) is 4.74 Å². The lowest BCUT2D eigenvalue weighted by molar-refractivity contribution is 0.0598. The molecule has 2 aromatic carbocycles. The van der Waals surface area contributed by atoms with Crippen molar-refractivity contribution in [1.82, 2.24) is 0 Å². The molecular formula is C15H11NO4. The second-order valence-electron chi connectivity index (χ2n) is 3.79. The van der Waals surface area contributed by atoms with Gasteiger partial charge >= 0.3 is 5.97 Å². The summed E-state index contributed by atoms with van der Waals surface area (Å²) in [7, 11) is 1.31. The molecule has 0 heterocycles. The molecule has 0 saturated carbocycles. The molecule has 0 aliphatic carbocycles. The Kier molecular flexibility index (Phi) is 4.27. The van der Waals surface area contributed by atoms with Crippen LogP contribution in [0.15, 0.2) is 53.5 Å². The van der Waals surface area contributed by atoms with Gasteiger partial charge in [0, 0.05) is 0 Å². The van der Waals surface area contributed by atoms with Crippen LogP contribution in [-0.2, 0) is 9.53 Å². The summed E-state index contributed by atoms with van der Waals surface area (Å²) in [6.07, 6.45) is 1.46. The summed E-state index contributed by atoms with van der Waals surface area (Å²) in [4.78, 5) is 25.2. The van der Waals surface area contributed by atoms with E-state index >= 15 is 0 Å². The molecule has 0 saturated heterocycles. The number of methoxy groups -OCH3 is 1. The lowest BCUT2D eigenvalue weighted by atomic mass is 10.2. The molecule has 0 spiro atoms. The largest absolute Gasteiger partial charge is 0.465 e. The minimum absolute atomic E-state index is 0.338. The van der Waals surface area contributed by atoms with E-state index in [2.05, 4.69) is 9.73 Å². The zero-order valence-corrected chi connectivity index (χ0v) is 10.7. The van der Waals surface area contributed by atoms with Crippen LogP contribution in [0.5, 0.6) is 11.5 Å². The summed E-state index contributed by atoms with van der Waals surface area (Å²) < 4.78 is 10.3. The zero-order valence-electron chi connectivity index (χ0n) is 10.7. The van der Waals surface area contributed by atoms with Crippen LogP contribution in [0.1, 0.15) is 10.4 Å². The molecule has 5 nitrogen and oxygen atoms in total. The summed E-state index contributed by atoms with van der Waals surface area (Å²) in [5.41, 5.74) is 0.818. The smallest absolute Gasteiger partial charge is 0.341 e. The molecule has 100 valence electrons. The van der Waals surface area contributed by atoms with Gasteiger partial charge in [-0.1, -0.05) is 12.1 Å². The maximum atomic E-state index is 11.6. The number of benzene rings is 2. The number of isocyanates is 1. The Morgan fingerprint density at radius 1 is 1.10 bits per heavy atom. The first-order valence-corrected chi connectivity index (χ1v) is 5.77. The van der Waals surface area contributed by atoms with E-state index < -0.39 is 5.97 Å². The van der Waals surface area contributed by atoms with Gasteiger partial charge in [0.1, 0.15) is 17.1 Å². The van der Waals surface area contributed by atoms with Crippen molar-refractivity contribution < 1.29 is 19.1 Å². The highest BCUT2D eigenvalue weighted by Crippen LogP contribution is 2.27. The average Bonchev–Trinajstić information content (AvgIpc) is 2.49. The van der Waals surface area contributed by atoms with Crippen LogP contribution in [0.3, 0.4) is 0 Å². The Morgan fingerprint density at radius 2 is 1.80 bits per heavy atom. The lowest BCUT2D eigenvalue weighted by Gasteiger charge is -2.09. The van der Waals surface area contributed by atoms with E-state index in [1.165, 1.54) is 13.2 Å². The van der Waals surface area contributed by atoms with Crippen molar-refractivity contribution in [2.75, 3.05) is 7.11 Å². The predicted molar refractivity (Wildman–Crippen MR) is 72.1 cm³/mol. The molecule has 0 aliphatic heterocycles. The highest BCUT2D eigenvalue weighted by atomic mass is 16.5. The molecule has 5 heteroatoms. The standard InChI is InChI=1S/C15H11NO4/c1-19-15(18)13-4-2-3-5-14(13)20-12-8-6-11(7-9-12)16-10-17/h2-9H,1H3. The maximum Gasteiger partial charge on any atom is 0.341 e. The van der Waals surface area contributed by atoms with Crippen molar-refractivity contribution in [3.8, 4) is 11.5 Å². The predicted octanol–water partition coefficient (Wildman–Crippen LogP) is 3.23. The van der Waals surface area contributed by atoms with Crippen LogP contribution in [0.4, 0.5) is 5.69 Å². The first-order valence-electron chi connectivity index (χ1n) is 5.77. The van der Waals surface area contributed by atoms with Gasteiger partial charge in [-0.2, -0.15) is 4.99 Å². The first-order chi connectivity index (χ1) is 9.74. The molecule has 0 amide bonds. The second kappa shape index (κ2) is 6.31. The normalized spacial score (nSPS) is 9.45. The van der Waals surface area contributed by atoms with Crippen molar-refractivity contribution >= 4 is 17.7 Å². The number of ether oxygens (including phenoxy) is 2. The number of hydrogen-bond acceptors (Lipinski definition) is 5. The second-order valence-corrected chi connectivity index (χ2v) is 3.79. The Morgan fingerprint density at radius 3 is 2.45 bits per heavy atom. The number of esters is 1. The molecule has 0 N–H and O–H groups in total. The van der Waals surface area contributed by atoms with Gasteiger partial charge in [-0.3, -0.25) is 0 Å². The zero-order chi connectivity index (χ0) is 14.4. The molecular weight excluding hydrogens is 258 g/mol. The summed E-state index contributed by atoms with van der Waals surface area (Å²) in [5, 5.41) is 0. The van der Waals surface area contributed by atoms with E-state index in [1.807, 2.05) is 0 Å². The van der Waals surface area contributed by atoms with Crippen molar-refractivity contribution in [1.29, 1.82) is 0 Å². The monoisotopic (exact) mass is 269 g/mol. The quantitative estimate of drug-likeness (QED) is 0.485. The van der Waals surface area contributed by atoms with Gasteiger partial charge < -0.3 is 9.47 Å². The van der Waals surface area contributed by atoms with Gasteiger partial charge in [-0.05, 0) is 36.4 Å². The summed E-state index contributed by atoms with van der Waals surface area (Å²) in [6.45, 7) is 0. The van der Waals surface area contributed by atoms with Crippen LogP contribution < -0.4 is 4.74 Å². The Bertz CT molecular complexity index is 658. The van der Waals surface area contributed by atoms with Crippen LogP contribution in [-0.4, -0.2) is 19.2 Å². The Labute approximate surface area is 115 Å². The number of nitrogens with zero attached hydrogens (tertiary/aromatic N) is 1. The highest BCUT2D eigenvalue weighted by molar-refractivity contribution is 5.92. The third-order valence-corrected chi connectivity index (χ3v) is 2.53. The van der Waals surface area contributed by atoms with Crippen molar-refractivity contribution in [3.05, 3.63) is 54.1 Å². The van der Waals surface area contributed by atoms with Gasteiger partial charge in [0.15, 0.2) is 0 Å². The highest BCUT2D eigenvalue weighted by Gasteiger charge is 2.12. The van der Waals surface area contributed by atoms with E-state index in [0.29, 0.717) is 22.7 Å². The van der Waals surface area contributed by atoms with Gasteiger partial charge in [0.25, 0.3) is 0 Å². The lowest BCUT2D eigenvalue weighted by Crippen LogP contribution is -2.03. The summed E-state index contributed by atoms with van der Waals surface area (Å²) in [5.74, 6) is 0.444. The molecule has 0 unspecified atom stereocenters. The van der Waals surface area contributed by atoms with Crippen LogP contribution in [0, 0.1) is 0 Å².